The maximum atomic E-state index is 13.2. The van der Waals surface area contributed by atoms with E-state index in [1.807, 2.05) is 50.4 Å². The molecule has 0 bridgehead atoms. The second-order valence-corrected chi connectivity index (χ2v) is 9.63. The number of anilines is 1. The molecule has 0 saturated carbocycles. The third kappa shape index (κ3) is 5.80. The summed E-state index contributed by atoms with van der Waals surface area (Å²) in [5.41, 5.74) is 4.42. The number of nitrogens with zero attached hydrogens (tertiary/aromatic N) is 4. The highest BCUT2D eigenvalue weighted by molar-refractivity contribution is 5.98. The molecule has 3 aromatic heterocycles. The van der Waals surface area contributed by atoms with Crippen LogP contribution in [0, 0.1) is 0 Å². The zero-order valence-corrected chi connectivity index (χ0v) is 22.7. The lowest BCUT2D eigenvalue weighted by atomic mass is 10.0. The van der Waals surface area contributed by atoms with Crippen molar-refractivity contribution in [2.45, 2.75) is 46.2 Å². The molecule has 204 valence electrons. The van der Waals surface area contributed by atoms with Gasteiger partial charge in [-0.3, -0.25) is 20.0 Å². The molecule has 1 fully saturated rings. The molecule has 0 spiro atoms. The first-order valence-corrected chi connectivity index (χ1v) is 13.6. The summed E-state index contributed by atoms with van der Waals surface area (Å²) in [6.07, 6.45) is 5.87. The Morgan fingerprint density at radius 1 is 1.15 bits per heavy atom. The Morgan fingerprint density at radius 3 is 2.79 bits per heavy atom. The zero-order valence-electron chi connectivity index (χ0n) is 22.7. The molecular weight excluding hydrogens is 494 g/mol. The van der Waals surface area contributed by atoms with Crippen LogP contribution in [0.25, 0.3) is 33.4 Å². The molecule has 0 aliphatic carbocycles. The number of likely N-dealkylation sites (N-methyl/N-ethyl adjacent to an activating group) is 1. The standard InChI is InChI=1S/C29H35N7O3/c1-4-30-29(38)34-28-32-25-15-20(14-23(27(25)33-28)24-17-22(39-6-3)9-11-31-24)19-10-13-36(26(37)16-19)18-21-8-7-12-35(21)5-2/h9-11,13-17,21H,4-8,12,18H2,1-3H3,(H3,30,32,33,34,38). The number of likely N-dealkylation sites (tertiary alicyclic amines) is 1. The number of carbonyl (C=O) groups is 1. The van der Waals surface area contributed by atoms with Crippen molar-refractivity contribution in [1.82, 2.24) is 29.7 Å². The number of rotatable bonds is 9. The number of aromatic nitrogens is 4. The van der Waals surface area contributed by atoms with Gasteiger partial charge in [0.1, 0.15) is 5.75 Å². The van der Waals surface area contributed by atoms with Gasteiger partial charge in [0.2, 0.25) is 5.95 Å². The summed E-state index contributed by atoms with van der Waals surface area (Å²) >= 11 is 0. The van der Waals surface area contributed by atoms with Crippen molar-refractivity contribution in [2.24, 2.45) is 0 Å². The van der Waals surface area contributed by atoms with E-state index in [0.29, 0.717) is 54.2 Å². The normalized spacial score (nSPS) is 15.5. The number of amides is 2. The molecule has 4 aromatic rings. The van der Waals surface area contributed by atoms with Crippen LogP contribution < -0.4 is 20.9 Å². The third-order valence-electron chi connectivity index (χ3n) is 7.12. The van der Waals surface area contributed by atoms with Crippen molar-refractivity contribution in [3.05, 3.63) is 59.1 Å². The van der Waals surface area contributed by atoms with Crippen molar-refractivity contribution < 1.29 is 9.53 Å². The van der Waals surface area contributed by atoms with Gasteiger partial charge in [0.25, 0.3) is 5.56 Å². The number of hydrogen-bond acceptors (Lipinski definition) is 6. The maximum Gasteiger partial charge on any atom is 0.321 e. The molecule has 0 radical (unpaired) electrons. The number of nitrogens with one attached hydrogen (secondary N) is 3. The van der Waals surface area contributed by atoms with Gasteiger partial charge in [0, 0.05) is 49.2 Å². The average molecular weight is 530 g/mol. The number of benzene rings is 1. The van der Waals surface area contributed by atoms with Crippen molar-refractivity contribution in [1.29, 1.82) is 0 Å². The molecule has 1 aromatic carbocycles. The monoisotopic (exact) mass is 529 g/mol. The van der Waals surface area contributed by atoms with Crippen molar-refractivity contribution in [3.63, 3.8) is 0 Å². The van der Waals surface area contributed by atoms with Crippen LogP contribution in [0.1, 0.15) is 33.6 Å². The van der Waals surface area contributed by atoms with Crippen LogP contribution in [0.3, 0.4) is 0 Å². The summed E-state index contributed by atoms with van der Waals surface area (Å²) in [5, 5.41) is 5.45. The van der Waals surface area contributed by atoms with Gasteiger partial charge in [0.15, 0.2) is 0 Å². The first kappa shape index (κ1) is 26.4. The number of hydrogen-bond donors (Lipinski definition) is 3. The lowest BCUT2D eigenvalue weighted by molar-refractivity contribution is 0.242. The molecule has 3 N–H and O–H groups in total. The SMILES string of the molecule is CCNC(=O)Nc1nc2c(-c3cc(OCC)ccn3)cc(-c3ccn(CC4CCCN4CC)c(=O)c3)cc2[nH]1. The third-order valence-corrected chi connectivity index (χ3v) is 7.12. The van der Waals surface area contributed by atoms with E-state index in [9.17, 15) is 9.59 Å². The predicted octanol–water partition coefficient (Wildman–Crippen LogP) is 4.48. The van der Waals surface area contributed by atoms with Gasteiger partial charge in [-0.15, -0.1) is 0 Å². The summed E-state index contributed by atoms with van der Waals surface area (Å²) in [7, 11) is 0. The molecule has 4 heterocycles. The lowest BCUT2D eigenvalue weighted by Gasteiger charge is -2.23. The van der Waals surface area contributed by atoms with Crippen molar-refractivity contribution in [3.8, 4) is 28.1 Å². The highest BCUT2D eigenvalue weighted by Crippen LogP contribution is 2.34. The van der Waals surface area contributed by atoms with E-state index >= 15 is 0 Å². The minimum Gasteiger partial charge on any atom is -0.494 e. The molecule has 1 saturated heterocycles. The smallest absolute Gasteiger partial charge is 0.321 e. The van der Waals surface area contributed by atoms with Gasteiger partial charge in [0.05, 0.1) is 23.3 Å². The summed E-state index contributed by atoms with van der Waals surface area (Å²) in [6.45, 7) is 9.77. The second kappa shape index (κ2) is 11.7. The quantitative estimate of drug-likeness (QED) is 0.294. The average Bonchev–Trinajstić information content (AvgIpc) is 3.55. The van der Waals surface area contributed by atoms with Crippen LogP contribution in [0.5, 0.6) is 5.75 Å². The number of fused-ring (bicyclic) bond motifs is 1. The number of carbonyl (C=O) groups excluding carboxylic acids is 1. The molecule has 10 heteroatoms. The number of H-pyrrole nitrogens is 1. The van der Waals surface area contributed by atoms with E-state index in [1.54, 1.807) is 16.8 Å². The molecule has 1 aliphatic rings. The number of imidazole rings is 1. The first-order chi connectivity index (χ1) is 19.0. The Kier molecular flexibility index (Phi) is 7.92. The summed E-state index contributed by atoms with van der Waals surface area (Å²) in [4.78, 5) is 40.2. The molecule has 5 rings (SSSR count). The van der Waals surface area contributed by atoms with E-state index in [-0.39, 0.29) is 11.6 Å². The fourth-order valence-corrected chi connectivity index (χ4v) is 5.25. The molecule has 1 atom stereocenters. The number of ether oxygens (including phenoxy) is 1. The minimum atomic E-state index is -0.345. The van der Waals surface area contributed by atoms with Crippen LogP contribution in [0.4, 0.5) is 10.7 Å². The first-order valence-electron chi connectivity index (χ1n) is 13.6. The van der Waals surface area contributed by atoms with Crippen LogP contribution in [0.2, 0.25) is 0 Å². The Hall–Kier alpha value is -4.18. The Morgan fingerprint density at radius 2 is 2.03 bits per heavy atom. The summed E-state index contributed by atoms with van der Waals surface area (Å²) < 4.78 is 7.50. The molecule has 1 unspecified atom stereocenters. The predicted molar refractivity (Wildman–Crippen MR) is 153 cm³/mol. The summed E-state index contributed by atoms with van der Waals surface area (Å²) in [6, 6.07) is 11.3. The molecule has 10 nitrogen and oxygen atoms in total. The van der Waals surface area contributed by atoms with Gasteiger partial charge >= 0.3 is 6.03 Å². The van der Waals surface area contributed by atoms with E-state index in [2.05, 4.69) is 37.4 Å². The summed E-state index contributed by atoms with van der Waals surface area (Å²) in [5.74, 6) is 1.02. The highest BCUT2D eigenvalue weighted by atomic mass is 16.5. The molecule has 2 amide bonds. The van der Waals surface area contributed by atoms with Crippen LogP contribution in [-0.2, 0) is 6.54 Å². The van der Waals surface area contributed by atoms with E-state index < -0.39 is 0 Å². The lowest BCUT2D eigenvalue weighted by Crippen LogP contribution is -2.35. The number of pyridine rings is 2. The minimum absolute atomic E-state index is 0.0308. The van der Waals surface area contributed by atoms with Gasteiger partial charge in [-0.2, -0.15) is 0 Å². The van der Waals surface area contributed by atoms with Gasteiger partial charge in [-0.1, -0.05) is 6.92 Å². The van der Waals surface area contributed by atoms with Crippen LogP contribution >= 0.6 is 0 Å². The highest BCUT2D eigenvalue weighted by Gasteiger charge is 2.23. The van der Waals surface area contributed by atoms with Gasteiger partial charge in [-0.05, 0) is 75.2 Å². The van der Waals surface area contributed by atoms with Crippen LogP contribution in [-0.4, -0.2) is 62.7 Å². The number of aromatic amines is 1. The van der Waals surface area contributed by atoms with Crippen molar-refractivity contribution in [2.75, 3.05) is 31.6 Å². The topological polar surface area (TPSA) is 117 Å². The van der Waals surface area contributed by atoms with Crippen molar-refractivity contribution >= 4 is 23.0 Å². The molecular formula is C29H35N7O3. The second-order valence-electron chi connectivity index (χ2n) is 9.63. The van der Waals surface area contributed by atoms with E-state index in [1.165, 1.54) is 6.42 Å². The van der Waals surface area contributed by atoms with Gasteiger partial charge < -0.3 is 19.6 Å². The molecule has 1 aliphatic heterocycles. The Balaban J connectivity index is 1.55. The Labute approximate surface area is 227 Å². The molecule has 39 heavy (non-hydrogen) atoms. The maximum absolute atomic E-state index is 13.2. The largest absolute Gasteiger partial charge is 0.494 e. The van der Waals surface area contributed by atoms with E-state index in [0.717, 1.165) is 36.2 Å². The van der Waals surface area contributed by atoms with E-state index in [4.69, 9.17) is 4.74 Å². The fraction of sp³-hybridized carbons (Fsp3) is 0.379. The van der Waals surface area contributed by atoms with Gasteiger partial charge in [-0.25, -0.2) is 9.78 Å². The zero-order chi connectivity index (χ0) is 27.4. The Bertz CT molecular complexity index is 1530. The van der Waals surface area contributed by atoms with Crippen LogP contribution in [0.15, 0.2) is 53.6 Å². The number of urea groups is 1. The fourth-order valence-electron chi connectivity index (χ4n) is 5.25.